The zero-order valence-electron chi connectivity index (χ0n) is 16.8. The molecule has 3 aromatic rings. The fourth-order valence-electron chi connectivity index (χ4n) is 3.35. The number of amides is 2. The summed E-state index contributed by atoms with van der Waals surface area (Å²) in [6.45, 7) is 2.29. The average molecular weight is 406 g/mol. The van der Waals surface area contributed by atoms with Gasteiger partial charge in [0, 0.05) is 36.3 Å². The van der Waals surface area contributed by atoms with Crippen LogP contribution in [0.2, 0.25) is 0 Å². The van der Waals surface area contributed by atoms with E-state index in [1.807, 2.05) is 31.2 Å². The fraction of sp³-hybridized carbons (Fsp3) is 0.273. The molecule has 1 aliphatic heterocycles. The second kappa shape index (κ2) is 8.36. The number of aromatic nitrogens is 2. The lowest BCUT2D eigenvalue weighted by Crippen LogP contribution is -2.28. The first-order valence-corrected chi connectivity index (χ1v) is 9.75. The van der Waals surface area contributed by atoms with Gasteiger partial charge in [0.05, 0.1) is 13.0 Å². The number of carbonyl (C=O) groups is 2. The number of benzene rings is 2. The van der Waals surface area contributed by atoms with Crippen molar-refractivity contribution in [1.82, 2.24) is 10.2 Å². The Hall–Kier alpha value is -3.68. The third-order valence-corrected chi connectivity index (χ3v) is 5.05. The van der Waals surface area contributed by atoms with E-state index in [9.17, 15) is 9.59 Å². The van der Waals surface area contributed by atoms with Gasteiger partial charge in [0.1, 0.15) is 5.75 Å². The van der Waals surface area contributed by atoms with Crippen LogP contribution in [0.5, 0.6) is 5.75 Å². The molecule has 0 bridgehead atoms. The Kier molecular flexibility index (Phi) is 5.47. The molecule has 0 saturated carbocycles. The van der Waals surface area contributed by atoms with Gasteiger partial charge in [-0.3, -0.25) is 9.59 Å². The minimum absolute atomic E-state index is 0.0706. The van der Waals surface area contributed by atoms with Crippen molar-refractivity contribution >= 4 is 23.2 Å². The zero-order chi connectivity index (χ0) is 21.1. The Morgan fingerprint density at radius 3 is 2.53 bits per heavy atom. The number of aryl methyl sites for hydroxylation is 1. The SMILES string of the molecule is CCc1nnc(-c2ccc(NC(=O)C3CC(=O)N(c4ccc(OC)cc4)C3)cc2)o1. The number of carbonyl (C=O) groups excluding carboxylic acids is 2. The van der Waals surface area contributed by atoms with Crippen molar-refractivity contribution in [2.75, 3.05) is 23.9 Å². The highest BCUT2D eigenvalue weighted by Gasteiger charge is 2.35. The topological polar surface area (TPSA) is 97.6 Å². The van der Waals surface area contributed by atoms with Crippen LogP contribution in [0.1, 0.15) is 19.2 Å². The van der Waals surface area contributed by atoms with Crippen LogP contribution in [0.15, 0.2) is 52.9 Å². The molecule has 2 aromatic carbocycles. The average Bonchev–Trinajstić information content (AvgIpc) is 3.41. The van der Waals surface area contributed by atoms with Gasteiger partial charge in [0.25, 0.3) is 0 Å². The predicted molar refractivity (Wildman–Crippen MR) is 111 cm³/mol. The van der Waals surface area contributed by atoms with E-state index in [0.29, 0.717) is 30.4 Å². The molecule has 1 atom stereocenters. The van der Waals surface area contributed by atoms with Crippen molar-refractivity contribution in [3.63, 3.8) is 0 Å². The summed E-state index contributed by atoms with van der Waals surface area (Å²) < 4.78 is 10.7. The van der Waals surface area contributed by atoms with E-state index >= 15 is 0 Å². The summed E-state index contributed by atoms with van der Waals surface area (Å²) in [5.74, 6) is 1.07. The molecular weight excluding hydrogens is 384 g/mol. The molecule has 0 aliphatic carbocycles. The van der Waals surface area contributed by atoms with Crippen LogP contribution in [0.25, 0.3) is 11.5 Å². The molecule has 0 spiro atoms. The molecule has 30 heavy (non-hydrogen) atoms. The van der Waals surface area contributed by atoms with Crippen molar-refractivity contribution in [3.05, 3.63) is 54.4 Å². The minimum Gasteiger partial charge on any atom is -0.497 e. The van der Waals surface area contributed by atoms with Gasteiger partial charge in [-0.2, -0.15) is 0 Å². The molecule has 1 unspecified atom stereocenters. The molecule has 0 radical (unpaired) electrons. The lowest BCUT2D eigenvalue weighted by atomic mass is 10.1. The second-order valence-corrected chi connectivity index (χ2v) is 7.02. The number of nitrogens with zero attached hydrogens (tertiary/aromatic N) is 3. The summed E-state index contributed by atoms with van der Waals surface area (Å²) in [6.07, 6.45) is 0.854. The Morgan fingerprint density at radius 1 is 1.17 bits per heavy atom. The summed E-state index contributed by atoms with van der Waals surface area (Å²) in [6, 6.07) is 14.4. The Bertz CT molecular complexity index is 1040. The maximum atomic E-state index is 12.7. The van der Waals surface area contributed by atoms with Gasteiger partial charge in [0.2, 0.25) is 23.6 Å². The highest BCUT2D eigenvalue weighted by molar-refractivity contribution is 6.03. The molecular formula is C22H22N4O4. The molecule has 1 N–H and O–H groups in total. The van der Waals surface area contributed by atoms with Gasteiger partial charge >= 0.3 is 0 Å². The second-order valence-electron chi connectivity index (χ2n) is 7.02. The Balaban J connectivity index is 1.39. The van der Waals surface area contributed by atoms with Gasteiger partial charge in [0.15, 0.2) is 0 Å². The Morgan fingerprint density at radius 2 is 1.90 bits per heavy atom. The molecule has 1 aromatic heterocycles. The lowest BCUT2D eigenvalue weighted by molar-refractivity contribution is -0.122. The number of methoxy groups -OCH3 is 1. The maximum Gasteiger partial charge on any atom is 0.247 e. The molecule has 8 nitrogen and oxygen atoms in total. The van der Waals surface area contributed by atoms with Gasteiger partial charge in [-0.15, -0.1) is 10.2 Å². The van der Waals surface area contributed by atoms with E-state index in [2.05, 4.69) is 15.5 Å². The molecule has 2 amide bonds. The number of hydrogen-bond donors (Lipinski definition) is 1. The molecule has 2 heterocycles. The van der Waals surface area contributed by atoms with E-state index in [1.54, 1.807) is 36.3 Å². The van der Waals surface area contributed by atoms with E-state index in [1.165, 1.54) is 0 Å². The number of nitrogens with one attached hydrogen (secondary N) is 1. The molecule has 1 fully saturated rings. The molecule has 154 valence electrons. The van der Waals surface area contributed by atoms with Gasteiger partial charge < -0.3 is 19.4 Å². The first-order chi connectivity index (χ1) is 14.6. The Labute approximate surface area is 173 Å². The molecule has 8 heteroatoms. The highest BCUT2D eigenvalue weighted by atomic mass is 16.5. The van der Waals surface area contributed by atoms with E-state index < -0.39 is 5.92 Å². The third-order valence-electron chi connectivity index (χ3n) is 5.05. The summed E-state index contributed by atoms with van der Waals surface area (Å²) in [5, 5.41) is 10.9. The number of ether oxygens (including phenoxy) is 1. The zero-order valence-corrected chi connectivity index (χ0v) is 16.8. The summed E-state index contributed by atoms with van der Waals surface area (Å²) in [5.41, 5.74) is 2.18. The van der Waals surface area contributed by atoms with Crippen molar-refractivity contribution in [3.8, 4) is 17.2 Å². The minimum atomic E-state index is -0.415. The van der Waals surface area contributed by atoms with Crippen LogP contribution < -0.4 is 15.0 Å². The van der Waals surface area contributed by atoms with Crippen molar-refractivity contribution in [1.29, 1.82) is 0 Å². The molecule has 4 rings (SSSR count). The number of rotatable bonds is 6. The number of hydrogen-bond acceptors (Lipinski definition) is 6. The van der Waals surface area contributed by atoms with Crippen LogP contribution in [0.4, 0.5) is 11.4 Å². The summed E-state index contributed by atoms with van der Waals surface area (Å²) >= 11 is 0. The van der Waals surface area contributed by atoms with Crippen molar-refractivity contribution < 1.29 is 18.7 Å². The van der Waals surface area contributed by atoms with Crippen LogP contribution in [0, 0.1) is 5.92 Å². The third kappa shape index (κ3) is 4.03. The first-order valence-electron chi connectivity index (χ1n) is 9.75. The quantitative estimate of drug-likeness (QED) is 0.675. The van der Waals surface area contributed by atoms with E-state index in [-0.39, 0.29) is 18.2 Å². The maximum absolute atomic E-state index is 12.7. The van der Waals surface area contributed by atoms with Gasteiger partial charge in [-0.25, -0.2) is 0 Å². The smallest absolute Gasteiger partial charge is 0.247 e. The van der Waals surface area contributed by atoms with Gasteiger partial charge in [-0.05, 0) is 48.5 Å². The van der Waals surface area contributed by atoms with Crippen molar-refractivity contribution in [2.24, 2.45) is 5.92 Å². The largest absolute Gasteiger partial charge is 0.497 e. The summed E-state index contributed by atoms with van der Waals surface area (Å²) in [4.78, 5) is 26.7. The predicted octanol–water partition coefficient (Wildman–Crippen LogP) is 3.30. The monoisotopic (exact) mass is 406 g/mol. The summed E-state index contributed by atoms with van der Waals surface area (Å²) in [7, 11) is 1.59. The first kappa shape index (κ1) is 19.6. The van der Waals surface area contributed by atoms with Crippen LogP contribution in [-0.2, 0) is 16.0 Å². The normalized spacial score (nSPS) is 16.0. The fourth-order valence-corrected chi connectivity index (χ4v) is 3.35. The lowest BCUT2D eigenvalue weighted by Gasteiger charge is -2.17. The van der Waals surface area contributed by atoms with Crippen LogP contribution in [-0.4, -0.2) is 35.7 Å². The highest BCUT2D eigenvalue weighted by Crippen LogP contribution is 2.28. The standard InChI is InChI=1S/C22H22N4O4/c1-3-19-24-25-22(30-19)14-4-6-16(7-5-14)23-21(28)15-12-20(27)26(13-15)17-8-10-18(29-2)11-9-17/h4-11,15H,3,12-13H2,1-2H3,(H,23,28). The molecule has 1 aliphatic rings. The molecule has 1 saturated heterocycles. The number of anilines is 2. The van der Waals surface area contributed by atoms with Crippen LogP contribution >= 0.6 is 0 Å². The van der Waals surface area contributed by atoms with Gasteiger partial charge in [-0.1, -0.05) is 6.92 Å². The van der Waals surface area contributed by atoms with Crippen molar-refractivity contribution in [2.45, 2.75) is 19.8 Å². The van der Waals surface area contributed by atoms with E-state index in [4.69, 9.17) is 9.15 Å². The van der Waals surface area contributed by atoms with E-state index in [0.717, 1.165) is 17.0 Å². The van der Waals surface area contributed by atoms with Crippen LogP contribution in [0.3, 0.4) is 0 Å².